The first kappa shape index (κ1) is 91.7. The molecule has 0 heteroatoms. The first-order valence-corrected chi connectivity index (χ1v) is 51.9. The number of unbranched alkanes of at least 4 members (excludes halogenated alkanes) is 21. The van der Waals surface area contributed by atoms with E-state index in [-0.39, 0.29) is 5.41 Å². The third-order valence-corrected chi connectivity index (χ3v) is 29.8. The van der Waals surface area contributed by atoms with Crippen LogP contribution in [0.3, 0.4) is 0 Å². The SMILES string of the molecule is CCCCCCC1(CCCCCC)c2ccccc2-c2ccc(Cc3ccc(-c4c5ccccc5c(-c5ccc(Cc6cccc(CCCCCCCCc7ccc8c(c7)CC8)c6)cc5)c5ccccc45)cc3)cc21.CCCCCCCCc1cc(-c2ccc(Cc3cccc(-c4ccc5c(c4)CC5)c3)cc2)c(CCCCCCCC)cc1-c1ccc(Cc2ccccc2)cc1. The number of fused-ring (bicyclic) bond motifs is 7. The zero-order valence-corrected chi connectivity index (χ0v) is 79.8. The molecule has 668 valence electrons. The maximum absolute atomic E-state index is 2.62. The molecule has 0 fully saturated rings. The average Bonchev–Trinajstić information content (AvgIpc) is 1.58. The van der Waals surface area contributed by atoms with E-state index >= 15 is 0 Å². The summed E-state index contributed by atoms with van der Waals surface area (Å²) in [5, 5.41) is 5.23. The molecule has 3 aliphatic rings. The molecule has 0 bridgehead atoms. The van der Waals surface area contributed by atoms with E-state index < -0.39 is 0 Å². The van der Waals surface area contributed by atoms with Gasteiger partial charge in [0.2, 0.25) is 0 Å². The maximum atomic E-state index is 2.62. The number of hydrogen-bond acceptors (Lipinski definition) is 0. The molecule has 3 aliphatic carbocycles. The van der Waals surface area contributed by atoms with Crippen molar-refractivity contribution in [3.05, 3.63) is 416 Å². The fourth-order valence-electron chi connectivity index (χ4n) is 22.2. The predicted molar refractivity (Wildman–Crippen MR) is 566 cm³/mol. The minimum Gasteiger partial charge on any atom is -0.0654 e. The van der Waals surface area contributed by atoms with Gasteiger partial charge in [-0.15, -0.1) is 0 Å². The van der Waals surface area contributed by atoms with Gasteiger partial charge in [-0.3, -0.25) is 0 Å². The molecule has 0 atom stereocenters. The summed E-state index contributed by atoms with van der Waals surface area (Å²) in [4.78, 5) is 0. The van der Waals surface area contributed by atoms with Crippen LogP contribution in [0.15, 0.2) is 315 Å². The van der Waals surface area contributed by atoms with Gasteiger partial charge in [-0.2, -0.15) is 0 Å². The molecular formula is C131H144. The third kappa shape index (κ3) is 23.3. The van der Waals surface area contributed by atoms with Gasteiger partial charge in [-0.25, -0.2) is 0 Å². The first-order chi connectivity index (χ1) is 64.7. The lowest BCUT2D eigenvalue weighted by Crippen LogP contribution is -2.25. The Morgan fingerprint density at radius 1 is 0.191 bits per heavy atom. The fraction of sp³-hybridized carbons (Fsp3) is 0.344. The maximum Gasteiger partial charge on any atom is 0.0215 e. The molecule has 0 spiro atoms. The molecule has 0 unspecified atom stereocenters. The highest BCUT2D eigenvalue weighted by Crippen LogP contribution is 2.55. The molecule has 131 heavy (non-hydrogen) atoms. The molecule has 0 N–H and O–H groups in total. The highest BCUT2D eigenvalue weighted by Gasteiger charge is 2.42. The molecule has 15 aromatic rings. The largest absolute Gasteiger partial charge is 0.0654 e. The van der Waals surface area contributed by atoms with E-state index in [0.29, 0.717) is 0 Å². The molecule has 0 heterocycles. The van der Waals surface area contributed by atoms with Gasteiger partial charge in [-0.05, 0) is 304 Å². The van der Waals surface area contributed by atoms with Gasteiger partial charge < -0.3 is 0 Å². The molecule has 0 aromatic heterocycles. The highest BCUT2D eigenvalue weighted by atomic mass is 14.5. The zero-order chi connectivity index (χ0) is 89.2. The summed E-state index contributed by atoms with van der Waals surface area (Å²) in [6.07, 6.45) is 50.3. The lowest BCUT2D eigenvalue weighted by molar-refractivity contribution is 0.401. The van der Waals surface area contributed by atoms with Crippen molar-refractivity contribution < 1.29 is 0 Å². The van der Waals surface area contributed by atoms with Gasteiger partial charge >= 0.3 is 0 Å². The van der Waals surface area contributed by atoms with Gasteiger partial charge in [0.15, 0.2) is 0 Å². The highest BCUT2D eigenvalue weighted by molar-refractivity contribution is 6.21. The summed E-state index contributed by atoms with van der Waals surface area (Å²) in [7, 11) is 0. The second kappa shape index (κ2) is 46.3. The number of rotatable bonds is 46. The van der Waals surface area contributed by atoms with Gasteiger partial charge in [-0.1, -0.05) is 484 Å². The zero-order valence-electron chi connectivity index (χ0n) is 79.8. The van der Waals surface area contributed by atoms with Crippen LogP contribution < -0.4 is 0 Å². The van der Waals surface area contributed by atoms with E-state index in [1.165, 1.54) is 379 Å². The van der Waals surface area contributed by atoms with Gasteiger partial charge in [0, 0.05) is 5.41 Å². The Kier molecular flexibility index (Phi) is 32.4. The number of hydrogen-bond donors (Lipinski definition) is 0. The topological polar surface area (TPSA) is 0 Å². The van der Waals surface area contributed by atoms with E-state index in [2.05, 4.69) is 343 Å². The van der Waals surface area contributed by atoms with E-state index in [1.807, 2.05) is 0 Å². The van der Waals surface area contributed by atoms with Gasteiger partial charge in [0.05, 0.1) is 0 Å². The summed E-state index contributed by atoms with van der Waals surface area (Å²) in [5.41, 5.74) is 43.0. The minimum absolute atomic E-state index is 0.110. The van der Waals surface area contributed by atoms with E-state index in [4.69, 9.17) is 0 Å². The molecule has 0 saturated heterocycles. The van der Waals surface area contributed by atoms with Crippen molar-refractivity contribution in [1.29, 1.82) is 0 Å². The summed E-state index contributed by atoms with van der Waals surface area (Å²) < 4.78 is 0. The van der Waals surface area contributed by atoms with Crippen LogP contribution in [0.4, 0.5) is 0 Å². The van der Waals surface area contributed by atoms with Crippen LogP contribution >= 0.6 is 0 Å². The van der Waals surface area contributed by atoms with E-state index in [1.54, 1.807) is 27.8 Å². The smallest absolute Gasteiger partial charge is 0.0215 e. The predicted octanol–water partition coefficient (Wildman–Crippen LogP) is 36.7. The molecule has 0 saturated carbocycles. The standard InChI is InChI=1S/C75H80.C56H64/c1-3-5-7-21-48-75(49-22-8-6-4-2)71-33-20-19-28-65(71)66-47-39-60(54-72(66)75)52-58-37-43-63(44-38-58)74-69-31-17-15-29-67(69)73(68-30-16-18-32-70(68)74)62-41-35-57(36-42-62)51-59-27-23-26-55(50-59)24-13-11-9-10-12-14-25-56-34-40-61-45-46-64(61)53-56;1-3-5-7-9-11-16-22-53-42-56(49-31-27-45(28-32-49)38-46-21-18-24-50(39-46)52-36-34-47-33-35-51(47)40-52)54(23-17-12-10-8-6-4-2)41-55(53)48-29-25-44(26-30-48)37-43-19-14-13-15-20-43/h15-20,23,26-44,47,50,53-54H,3-14,21-22,24-25,45-46,48-49,51-52H2,1-2H3;13-15,18-21,24-32,34,36,39-42H,3-12,16-17,22-23,33,35,37-38H2,1-2H3. The molecule has 0 aliphatic heterocycles. The lowest BCUT2D eigenvalue weighted by atomic mass is 9.70. The Labute approximate surface area is 788 Å². The average molecular weight is 1720 g/mol. The second-order valence-corrected chi connectivity index (χ2v) is 39.4. The van der Waals surface area contributed by atoms with Crippen LogP contribution in [0.25, 0.3) is 88.3 Å². The quantitative estimate of drug-likeness (QED) is 0.0263. The first-order valence-electron chi connectivity index (χ1n) is 51.9. The van der Waals surface area contributed by atoms with Crippen molar-refractivity contribution in [1.82, 2.24) is 0 Å². The fourth-order valence-corrected chi connectivity index (χ4v) is 22.2. The Balaban J connectivity index is 0.000000191. The van der Waals surface area contributed by atoms with Crippen molar-refractivity contribution in [2.45, 2.75) is 290 Å². The number of aryl methyl sites for hydroxylation is 8. The Morgan fingerprint density at radius 3 is 1.01 bits per heavy atom. The summed E-state index contributed by atoms with van der Waals surface area (Å²) in [6, 6.07) is 122. The Morgan fingerprint density at radius 2 is 0.527 bits per heavy atom. The van der Waals surface area contributed by atoms with Crippen LogP contribution in [-0.4, -0.2) is 0 Å². The van der Waals surface area contributed by atoms with E-state index in [9.17, 15) is 0 Å². The van der Waals surface area contributed by atoms with Crippen molar-refractivity contribution in [3.63, 3.8) is 0 Å². The van der Waals surface area contributed by atoms with Crippen LogP contribution in [-0.2, 0) is 82.5 Å². The molecule has 0 amide bonds. The number of benzene rings is 15. The van der Waals surface area contributed by atoms with Gasteiger partial charge in [0.25, 0.3) is 0 Å². The summed E-state index contributed by atoms with van der Waals surface area (Å²) >= 11 is 0. The molecular weight excluding hydrogens is 1570 g/mol. The van der Waals surface area contributed by atoms with Crippen molar-refractivity contribution in [3.8, 4) is 66.8 Å². The molecule has 15 aromatic carbocycles. The Hall–Kier alpha value is -11.2. The van der Waals surface area contributed by atoms with Gasteiger partial charge in [0.1, 0.15) is 0 Å². The van der Waals surface area contributed by atoms with Crippen molar-refractivity contribution in [2.75, 3.05) is 0 Å². The minimum atomic E-state index is 0.110. The van der Waals surface area contributed by atoms with Crippen molar-refractivity contribution >= 4 is 21.5 Å². The van der Waals surface area contributed by atoms with Crippen molar-refractivity contribution in [2.24, 2.45) is 0 Å². The molecule has 0 radical (unpaired) electrons. The lowest BCUT2D eigenvalue weighted by Gasteiger charge is -2.33. The van der Waals surface area contributed by atoms with Crippen LogP contribution in [0, 0.1) is 0 Å². The Bertz CT molecular complexity index is 6120. The summed E-state index contributed by atoms with van der Waals surface area (Å²) in [5.74, 6) is 0. The van der Waals surface area contributed by atoms with Crippen LogP contribution in [0.2, 0.25) is 0 Å². The molecule has 18 rings (SSSR count). The normalized spacial score (nSPS) is 12.7. The monoisotopic (exact) mass is 1720 g/mol. The van der Waals surface area contributed by atoms with E-state index in [0.717, 1.165) is 38.5 Å². The molecule has 0 nitrogen and oxygen atoms in total. The summed E-state index contributed by atoms with van der Waals surface area (Å²) in [6.45, 7) is 9.29. The van der Waals surface area contributed by atoms with Crippen LogP contribution in [0.1, 0.15) is 308 Å². The third-order valence-electron chi connectivity index (χ3n) is 29.8. The van der Waals surface area contributed by atoms with Crippen LogP contribution in [0.5, 0.6) is 0 Å². The second-order valence-electron chi connectivity index (χ2n) is 39.4.